The van der Waals surface area contributed by atoms with E-state index in [4.69, 9.17) is 9.47 Å². The van der Waals surface area contributed by atoms with Crippen LogP contribution in [0, 0.1) is 0 Å². The second kappa shape index (κ2) is 8.13. The Bertz CT molecular complexity index is 1050. The van der Waals surface area contributed by atoms with Crippen molar-refractivity contribution in [2.24, 2.45) is 0 Å². The fourth-order valence-electron chi connectivity index (χ4n) is 2.87. The van der Waals surface area contributed by atoms with Crippen LogP contribution in [0.3, 0.4) is 0 Å². The van der Waals surface area contributed by atoms with Crippen molar-refractivity contribution < 1.29 is 27.2 Å². The van der Waals surface area contributed by atoms with Gasteiger partial charge in [-0.15, -0.1) is 4.31 Å². The van der Waals surface area contributed by atoms with Gasteiger partial charge >= 0.3 is 6.18 Å². The molecule has 2 heterocycles. The van der Waals surface area contributed by atoms with E-state index in [1.165, 1.54) is 24.5 Å². The number of ether oxygens (including phenoxy) is 2. The molecule has 6 nitrogen and oxygen atoms in total. The zero-order valence-electron chi connectivity index (χ0n) is 15.7. The molecule has 3 aromatic rings. The van der Waals surface area contributed by atoms with Crippen molar-refractivity contribution >= 4 is 11.4 Å². The number of nitrogens with zero attached hydrogens (tertiary/aromatic N) is 3. The molecule has 0 fully saturated rings. The van der Waals surface area contributed by atoms with Gasteiger partial charge in [0.25, 0.3) is 0 Å². The van der Waals surface area contributed by atoms with Gasteiger partial charge in [0, 0.05) is 31.1 Å². The first-order chi connectivity index (χ1) is 14.3. The van der Waals surface area contributed by atoms with E-state index < -0.39 is 23.1 Å². The molecule has 0 radical (unpaired) electrons. The predicted molar refractivity (Wildman–Crippen MR) is 104 cm³/mol. The summed E-state index contributed by atoms with van der Waals surface area (Å²) in [6, 6.07) is 9.45. The number of hydrogen-bond acceptors (Lipinski definition) is 6. The standard InChI is InChI=1S/C20H16F3N3O3S/c1-26-10-11-28-16-7-2-13(12-17(16)30(26)27)18-19(25-9-8-24-18)29-15-5-3-14(4-6-15)20(21,22)23/h2-9,12H,10-11H2,1H3. The van der Waals surface area contributed by atoms with Gasteiger partial charge in [-0.3, -0.25) is 0 Å². The minimum Gasteiger partial charge on any atom is -0.593 e. The van der Waals surface area contributed by atoms with Crippen molar-refractivity contribution in [1.29, 1.82) is 0 Å². The molecular weight excluding hydrogens is 419 g/mol. The van der Waals surface area contributed by atoms with Gasteiger partial charge in [-0.1, -0.05) is 0 Å². The van der Waals surface area contributed by atoms with E-state index in [-0.39, 0.29) is 11.6 Å². The number of aromatic nitrogens is 2. The highest BCUT2D eigenvalue weighted by molar-refractivity contribution is 7.89. The van der Waals surface area contributed by atoms with Crippen molar-refractivity contribution in [3.8, 4) is 28.6 Å². The summed E-state index contributed by atoms with van der Waals surface area (Å²) in [5, 5.41) is 0. The molecule has 1 aliphatic heterocycles. The van der Waals surface area contributed by atoms with Crippen LogP contribution in [0.4, 0.5) is 13.2 Å². The fourth-order valence-corrected chi connectivity index (χ4v) is 3.97. The van der Waals surface area contributed by atoms with E-state index in [0.29, 0.717) is 35.1 Å². The van der Waals surface area contributed by atoms with E-state index in [0.717, 1.165) is 12.1 Å². The van der Waals surface area contributed by atoms with Crippen molar-refractivity contribution in [1.82, 2.24) is 14.3 Å². The lowest BCUT2D eigenvalue weighted by molar-refractivity contribution is -0.137. The molecule has 0 saturated heterocycles. The molecule has 0 aliphatic carbocycles. The highest BCUT2D eigenvalue weighted by Crippen LogP contribution is 2.36. The number of hydrogen-bond donors (Lipinski definition) is 0. The minimum atomic E-state index is -4.43. The second-order valence-corrected chi connectivity index (χ2v) is 8.01. The van der Waals surface area contributed by atoms with E-state index in [9.17, 15) is 17.7 Å². The average molecular weight is 435 g/mol. The van der Waals surface area contributed by atoms with Gasteiger partial charge in [0.05, 0.1) is 23.5 Å². The largest absolute Gasteiger partial charge is 0.593 e. The number of halogens is 3. The summed E-state index contributed by atoms with van der Waals surface area (Å²) in [6.45, 7) is 0.937. The fraction of sp³-hybridized carbons (Fsp3) is 0.200. The van der Waals surface area contributed by atoms with Crippen LogP contribution in [0.25, 0.3) is 11.3 Å². The van der Waals surface area contributed by atoms with Crippen LogP contribution in [0.15, 0.2) is 59.8 Å². The number of likely N-dealkylation sites (N-methyl/N-ethyl adjacent to an activating group) is 1. The van der Waals surface area contributed by atoms with Crippen LogP contribution in [-0.4, -0.2) is 39.0 Å². The molecule has 1 unspecified atom stereocenters. The molecule has 0 N–H and O–H groups in total. The summed E-state index contributed by atoms with van der Waals surface area (Å²) in [4.78, 5) is 8.96. The van der Waals surface area contributed by atoms with E-state index in [1.807, 2.05) is 0 Å². The Morgan fingerprint density at radius 2 is 1.83 bits per heavy atom. The third-order valence-corrected chi connectivity index (χ3v) is 5.86. The smallest absolute Gasteiger partial charge is 0.416 e. The lowest BCUT2D eigenvalue weighted by Gasteiger charge is -2.17. The average Bonchev–Trinajstić information content (AvgIpc) is 2.87. The first-order valence-corrected chi connectivity index (χ1v) is 10.00. The number of alkyl halides is 3. The number of benzene rings is 2. The van der Waals surface area contributed by atoms with Crippen LogP contribution in [0.2, 0.25) is 0 Å². The quantitative estimate of drug-likeness (QED) is 0.572. The van der Waals surface area contributed by atoms with Gasteiger partial charge < -0.3 is 14.0 Å². The third-order valence-electron chi connectivity index (χ3n) is 4.41. The van der Waals surface area contributed by atoms with Crippen LogP contribution < -0.4 is 9.47 Å². The van der Waals surface area contributed by atoms with Crippen molar-refractivity contribution in [2.45, 2.75) is 11.1 Å². The Labute approximate surface area is 173 Å². The molecule has 1 aliphatic rings. The Morgan fingerprint density at radius 3 is 2.57 bits per heavy atom. The maximum absolute atomic E-state index is 12.8. The molecule has 0 amide bonds. The summed E-state index contributed by atoms with van der Waals surface area (Å²) in [7, 11) is 1.74. The topological polar surface area (TPSA) is 70.5 Å². The molecule has 1 aromatic heterocycles. The summed E-state index contributed by atoms with van der Waals surface area (Å²) in [5.74, 6) is 0.826. The maximum atomic E-state index is 12.8. The third kappa shape index (κ3) is 4.20. The Balaban J connectivity index is 1.67. The number of rotatable bonds is 3. The zero-order valence-corrected chi connectivity index (χ0v) is 16.5. The van der Waals surface area contributed by atoms with Gasteiger partial charge in [0.15, 0.2) is 5.75 Å². The summed E-state index contributed by atoms with van der Waals surface area (Å²) < 4.78 is 64.0. The molecule has 2 aromatic carbocycles. The van der Waals surface area contributed by atoms with Gasteiger partial charge in [0.1, 0.15) is 18.1 Å². The van der Waals surface area contributed by atoms with E-state index >= 15 is 0 Å². The van der Waals surface area contributed by atoms with E-state index in [1.54, 1.807) is 29.6 Å². The van der Waals surface area contributed by atoms with Crippen LogP contribution in [-0.2, 0) is 17.5 Å². The molecular formula is C20H16F3N3O3S. The maximum Gasteiger partial charge on any atom is 0.416 e. The molecule has 0 saturated carbocycles. The minimum absolute atomic E-state index is 0.117. The Hall–Kier alpha value is -2.82. The lowest BCUT2D eigenvalue weighted by atomic mass is 10.1. The first kappa shape index (κ1) is 20.5. The molecule has 0 spiro atoms. The van der Waals surface area contributed by atoms with Gasteiger partial charge in [0.2, 0.25) is 10.8 Å². The molecule has 0 bridgehead atoms. The normalized spacial score (nSPS) is 17.0. The van der Waals surface area contributed by atoms with Crippen LogP contribution >= 0.6 is 0 Å². The van der Waals surface area contributed by atoms with Crippen molar-refractivity contribution in [3.05, 3.63) is 60.4 Å². The second-order valence-electron chi connectivity index (χ2n) is 6.44. The van der Waals surface area contributed by atoms with Gasteiger partial charge in [-0.05, 0) is 36.4 Å². The molecule has 10 heteroatoms. The van der Waals surface area contributed by atoms with Crippen LogP contribution in [0.1, 0.15) is 5.56 Å². The van der Waals surface area contributed by atoms with Gasteiger partial charge in [-0.25, -0.2) is 9.97 Å². The SMILES string of the molecule is CN1CCOc2ccc(-c3nccnc3Oc3ccc(C(F)(F)F)cc3)cc2[S+]1[O-]. The van der Waals surface area contributed by atoms with Crippen LogP contribution in [0.5, 0.6) is 17.4 Å². The van der Waals surface area contributed by atoms with E-state index in [2.05, 4.69) is 9.97 Å². The van der Waals surface area contributed by atoms with Gasteiger partial charge in [-0.2, -0.15) is 13.2 Å². The summed E-state index contributed by atoms with van der Waals surface area (Å²) >= 11 is -1.40. The zero-order chi connectivity index (χ0) is 21.3. The first-order valence-electron chi connectivity index (χ1n) is 8.89. The van der Waals surface area contributed by atoms with Crippen molar-refractivity contribution in [3.63, 3.8) is 0 Å². The monoisotopic (exact) mass is 435 g/mol. The Kier molecular flexibility index (Phi) is 5.54. The highest BCUT2D eigenvalue weighted by Gasteiger charge is 2.30. The lowest BCUT2D eigenvalue weighted by Crippen LogP contribution is -2.28. The Morgan fingerprint density at radius 1 is 1.10 bits per heavy atom. The van der Waals surface area contributed by atoms with Crippen molar-refractivity contribution in [2.75, 3.05) is 20.2 Å². The number of fused-ring (bicyclic) bond motifs is 1. The summed E-state index contributed by atoms with van der Waals surface area (Å²) in [6.07, 6.45) is -1.54. The summed E-state index contributed by atoms with van der Waals surface area (Å²) in [5.41, 5.74) is 0.187. The highest BCUT2D eigenvalue weighted by atomic mass is 32.2. The molecule has 4 rings (SSSR count). The predicted octanol–water partition coefficient (Wildman–Crippen LogP) is 4.30. The molecule has 1 atom stereocenters. The molecule has 156 valence electrons. The molecule has 30 heavy (non-hydrogen) atoms.